The van der Waals surface area contributed by atoms with Gasteiger partial charge in [0.1, 0.15) is 22.4 Å². The van der Waals surface area contributed by atoms with E-state index >= 15 is 4.39 Å². The van der Waals surface area contributed by atoms with Crippen molar-refractivity contribution in [2.45, 2.75) is 57.6 Å². The second-order valence-electron chi connectivity index (χ2n) is 11.0. The Morgan fingerprint density at radius 1 is 1.29 bits per heavy atom. The van der Waals surface area contributed by atoms with E-state index in [1.54, 1.807) is 0 Å². The lowest BCUT2D eigenvalue weighted by atomic mass is 9.95. The van der Waals surface area contributed by atoms with Crippen molar-refractivity contribution >= 4 is 73.2 Å². The van der Waals surface area contributed by atoms with Crippen LogP contribution in [0.5, 0.6) is 0 Å². The largest absolute Gasteiger partial charge is 0.465 e. The van der Waals surface area contributed by atoms with Crippen LogP contribution in [0.3, 0.4) is 0 Å². The van der Waals surface area contributed by atoms with Crippen LogP contribution in [0.1, 0.15) is 38.8 Å². The summed E-state index contributed by atoms with van der Waals surface area (Å²) in [5.41, 5.74) is -0.561. The molecule has 0 bridgehead atoms. The summed E-state index contributed by atoms with van der Waals surface area (Å²) in [7, 11) is -6.30. The van der Waals surface area contributed by atoms with Crippen LogP contribution in [0.4, 0.5) is 18.6 Å². The molecule has 0 radical (unpaired) electrons. The van der Waals surface area contributed by atoms with Gasteiger partial charge in [0.25, 0.3) is 0 Å². The van der Waals surface area contributed by atoms with Crippen LogP contribution < -0.4 is 5.32 Å². The van der Waals surface area contributed by atoms with E-state index in [2.05, 4.69) is 15.3 Å². The van der Waals surface area contributed by atoms with E-state index in [1.165, 1.54) is 19.2 Å². The molecule has 222 valence electrons. The predicted octanol–water partition coefficient (Wildman–Crippen LogP) is 7.72. The van der Waals surface area contributed by atoms with E-state index in [4.69, 9.17) is 16.0 Å². The number of nitriles is 1. The number of thiophene rings is 1. The number of carboxylic acid groups (broad SMARTS) is 1. The number of sulfone groups is 1. The molecule has 2 N–H and O–H groups in total. The summed E-state index contributed by atoms with van der Waals surface area (Å²) < 4.78 is 63.0. The number of nitrogens with zero attached hydrogens (tertiary/aromatic N) is 3. The van der Waals surface area contributed by atoms with Gasteiger partial charge in [0.05, 0.1) is 27.6 Å². The maximum Gasteiger partial charge on any atom is 0.409 e. The molecule has 2 aromatic heterocycles. The molecular formula is C27H27ClF2N4O5S2Si. The first-order valence-electron chi connectivity index (χ1n) is 12.6. The Hall–Kier alpha value is -3.22. The van der Waals surface area contributed by atoms with Crippen molar-refractivity contribution in [3.8, 4) is 17.2 Å². The van der Waals surface area contributed by atoms with E-state index < -0.39 is 41.0 Å². The Balaban J connectivity index is 2.13. The Bertz CT molecular complexity index is 1920. The Morgan fingerprint density at radius 3 is 2.52 bits per heavy atom. The van der Waals surface area contributed by atoms with E-state index in [1.807, 2.05) is 39.9 Å². The lowest BCUT2D eigenvalue weighted by Crippen LogP contribution is -2.40. The van der Waals surface area contributed by atoms with E-state index in [0.717, 1.165) is 6.07 Å². The normalized spacial score (nSPS) is 12.6. The first kappa shape index (κ1) is 31.7. The van der Waals surface area contributed by atoms with E-state index in [9.17, 15) is 28.0 Å². The topological polar surface area (TPSA) is 142 Å². The minimum Gasteiger partial charge on any atom is -0.465 e. The number of amides is 1. The van der Waals surface area contributed by atoms with Crippen LogP contribution >= 0.6 is 22.9 Å². The van der Waals surface area contributed by atoms with Crippen molar-refractivity contribution in [1.82, 2.24) is 9.97 Å². The molecule has 0 atom stereocenters. The number of carbonyl (C=O) groups is 1. The second kappa shape index (κ2) is 11.1. The number of anilines is 1. The van der Waals surface area contributed by atoms with E-state index in [-0.39, 0.29) is 70.7 Å². The van der Waals surface area contributed by atoms with Gasteiger partial charge >= 0.3 is 6.09 Å². The molecule has 15 heteroatoms. The SMILES string of the molecule is CCS(=O)(=O)c1ncc2c(CO[Si](C)(C)C(C)(C)C)c(Cl)c(-c3ccc(F)c4sc(NC(=O)O)c(C#N)c34)c(F)c2n1. The zero-order valence-corrected chi connectivity index (χ0v) is 26.9. The van der Waals surface area contributed by atoms with Crippen molar-refractivity contribution in [3.63, 3.8) is 0 Å². The number of rotatable bonds is 7. The predicted molar refractivity (Wildman–Crippen MR) is 161 cm³/mol. The molecule has 4 aromatic rings. The second-order valence-corrected chi connectivity index (χ2v) is 19.4. The molecule has 0 aliphatic heterocycles. The summed E-state index contributed by atoms with van der Waals surface area (Å²) in [6, 6.07) is 4.16. The highest BCUT2D eigenvalue weighted by Crippen LogP contribution is 2.47. The minimum atomic E-state index is -3.92. The Morgan fingerprint density at radius 2 is 1.95 bits per heavy atom. The van der Waals surface area contributed by atoms with Crippen LogP contribution in [0.15, 0.2) is 23.5 Å². The summed E-state index contributed by atoms with van der Waals surface area (Å²) in [5, 5.41) is 20.3. The molecule has 9 nitrogen and oxygen atoms in total. The van der Waals surface area contributed by atoms with Gasteiger partial charge < -0.3 is 9.53 Å². The van der Waals surface area contributed by atoms with Gasteiger partial charge in [0.15, 0.2) is 14.1 Å². The molecule has 0 fully saturated rings. The minimum absolute atomic E-state index is 0.00544. The summed E-state index contributed by atoms with van der Waals surface area (Å²) in [6.45, 7) is 11.5. The zero-order valence-electron chi connectivity index (χ0n) is 23.5. The Labute approximate surface area is 251 Å². The molecule has 0 unspecified atom stereocenters. The van der Waals surface area contributed by atoms with Crippen molar-refractivity contribution in [2.24, 2.45) is 0 Å². The molecule has 0 aliphatic carbocycles. The van der Waals surface area contributed by atoms with Crippen LogP contribution in [-0.4, -0.2) is 43.7 Å². The molecule has 2 heterocycles. The quantitative estimate of drug-likeness (QED) is 0.153. The molecule has 0 saturated carbocycles. The fourth-order valence-electron chi connectivity index (χ4n) is 4.04. The first-order valence-corrected chi connectivity index (χ1v) is 18.4. The van der Waals surface area contributed by atoms with Gasteiger partial charge in [-0.3, -0.25) is 5.32 Å². The molecule has 42 heavy (non-hydrogen) atoms. The number of hydrogen-bond acceptors (Lipinski definition) is 8. The monoisotopic (exact) mass is 652 g/mol. The highest BCUT2D eigenvalue weighted by Gasteiger charge is 2.38. The molecular weight excluding hydrogens is 626 g/mol. The first-order chi connectivity index (χ1) is 19.4. The van der Waals surface area contributed by atoms with Crippen molar-refractivity contribution < 1.29 is 31.5 Å². The zero-order chi connectivity index (χ0) is 31.4. The van der Waals surface area contributed by atoms with E-state index in [0.29, 0.717) is 11.3 Å². The van der Waals surface area contributed by atoms with Gasteiger partial charge in [0.2, 0.25) is 15.0 Å². The van der Waals surface area contributed by atoms with Gasteiger partial charge in [-0.05, 0) is 29.8 Å². The average molecular weight is 653 g/mol. The summed E-state index contributed by atoms with van der Waals surface area (Å²) >= 11 is 7.57. The number of halogens is 3. The fraction of sp³-hybridized carbons (Fsp3) is 0.333. The number of benzene rings is 2. The lowest BCUT2D eigenvalue weighted by Gasteiger charge is -2.36. The van der Waals surface area contributed by atoms with Gasteiger partial charge in [-0.2, -0.15) is 5.26 Å². The molecule has 0 spiro atoms. The van der Waals surface area contributed by atoms with Crippen molar-refractivity contribution in [3.05, 3.63) is 46.1 Å². The highest BCUT2D eigenvalue weighted by molar-refractivity contribution is 7.91. The Kier molecular flexibility index (Phi) is 8.40. The molecule has 2 aromatic carbocycles. The fourth-order valence-corrected chi connectivity index (χ4v) is 7.09. The summed E-state index contributed by atoms with van der Waals surface area (Å²) in [4.78, 5) is 19.4. The number of aromatic nitrogens is 2. The molecule has 4 rings (SSSR count). The third kappa shape index (κ3) is 5.47. The number of nitrogens with one attached hydrogen (secondary N) is 1. The standard InChI is InChI=1S/C27H27ClF2N4O5S2Si/c1-7-41(37,38)25-32-11-15-16(12-39-42(5,6)27(2,3)4)20(28)19(21(30)22(15)33-25)13-8-9-17(29)23-18(13)14(10-31)24(40-23)34-26(35)36/h8-9,11,34H,7,12H2,1-6H3,(H,35,36). The van der Waals surface area contributed by atoms with Gasteiger partial charge in [-0.15, -0.1) is 11.3 Å². The summed E-state index contributed by atoms with van der Waals surface area (Å²) in [5.74, 6) is -2.09. The van der Waals surface area contributed by atoms with Crippen molar-refractivity contribution in [1.29, 1.82) is 5.26 Å². The van der Waals surface area contributed by atoms with Gasteiger partial charge in [0, 0.05) is 28.1 Å². The molecule has 0 aliphatic rings. The van der Waals surface area contributed by atoms with Gasteiger partial charge in [-0.25, -0.2) is 32.0 Å². The van der Waals surface area contributed by atoms with Crippen LogP contribution in [0, 0.1) is 23.0 Å². The van der Waals surface area contributed by atoms with Gasteiger partial charge in [-0.1, -0.05) is 45.4 Å². The van der Waals surface area contributed by atoms with Crippen LogP contribution in [0.2, 0.25) is 23.2 Å². The van der Waals surface area contributed by atoms with Crippen LogP contribution in [0.25, 0.3) is 32.1 Å². The smallest absolute Gasteiger partial charge is 0.409 e. The summed E-state index contributed by atoms with van der Waals surface area (Å²) in [6.07, 6.45) is -0.282. The number of hydrogen-bond donors (Lipinski definition) is 2. The maximum atomic E-state index is 16.5. The highest BCUT2D eigenvalue weighted by atomic mass is 35.5. The third-order valence-electron chi connectivity index (χ3n) is 7.44. The lowest BCUT2D eigenvalue weighted by molar-refractivity contribution is 0.210. The molecule has 1 amide bonds. The van der Waals surface area contributed by atoms with Crippen LogP contribution in [-0.2, 0) is 20.9 Å². The third-order valence-corrected chi connectivity index (χ3v) is 15.0. The number of fused-ring (bicyclic) bond motifs is 2. The molecule has 0 saturated heterocycles. The maximum absolute atomic E-state index is 16.5. The average Bonchev–Trinajstić information content (AvgIpc) is 3.27. The van der Waals surface area contributed by atoms with Crippen molar-refractivity contribution in [2.75, 3.05) is 11.1 Å².